The Morgan fingerprint density at radius 1 is 1.50 bits per heavy atom. The molecule has 0 fully saturated rings. The molecule has 1 aliphatic carbocycles. The van der Waals surface area contributed by atoms with E-state index in [1.165, 1.54) is 5.56 Å². The number of hydrogen-bond donors (Lipinski definition) is 2. The van der Waals surface area contributed by atoms with Crippen molar-refractivity contribution in [3.05, 3.63) is 34.9 Å². The SMILES string of the molecule is CC1(C)Cc2ccc(C(=O)O)cc2C1N.Cl. The molecule has 1 aromatic rings. The van der Waals surface area contributed by atoms with Crippen LogP contribution in [0.2, 0.25) is 0 Å². The van der Waals surface area contributed by atoms with Crippen molar-refractivity contribution in [3.63, 3.8) is 0 Å². The summed E-state index contributed by atoms with van der Waals surface area (Å²) in [5, 5.41) is 8.89. The molecule has 0 aromatic heterocycles. The third-order valence-electron chi connectivity index (χ3n) is 3.22. The third-order valence-corrected chi connectivity index (χ3v) is 3.22. The number of nitrogens with two attached hydrogens (primary N) is 1. The first-order valence-corrected chi connectivity index (χ1v) is 5.03. The fraction of sp³-hybridized carbons (Fsp3) is 0.417. The maximum Gasteiger partial charge on any atom is 0.335 e. The number of aromatic carboxylic acids is 1. The fourth-order valence-electron chi connectivity index (χ4n) is 2.20. The predicted molar refractivity (Wildman–Crippen MR) is 65.1 cm³/mol. The molecule has 0 radical (unpaired) electrons. The zero-order valence-electron chi connectivity index (χ0n) is 9.36. The summed E-state index contributed by atoms with van der Waals surface area (Å²) in [6, 6.07) is 5.17. The van der Waals surface area contributed by atoms with Gasteiger partial charge in [-0.2, -0.15) is 0 Å². The van der Waals surface area contributed by atoms with Crippen LogP contribution in [-0.2, 0) is 6.42 Å². The third kappa shape index (κ3) is 1.93. The maximum atomic E-state index is 10.8. The van der Waals surface area contributed by atoms with E-state index in [-0.39, 0.29) is 23.9 Å². The van der Waals surface area contributed by atoms with Gasteiger partial charge in [0.05, 0.1) is 5.56 Å². The molecule has 1 aromatic carbocycles. The Bertz CT molecular complexity index is 429. The maximum absolute atomic E-state index is 10.8. The topological polar surface area (TPSA) is 63.3 Å². The van der Waals surface area contributed by atoms with Crippen LogP contribution < -0.4 is 5.73 Å². The van der Waals surface area contributed by atoms with Gasteiger partial charge >= 0.3 is 5.97 Å². The molecular formula is C12H16ClNO2. The second-order valence-corrected chi connectivity index (χ2v) is 4.86. The highest BCUT2D eigenvalue weighted by molar-refractivity contribution is 5.88. The molecule has 2 rings (SSSR count). The molecule has 3 N–H and O–H groups in total. The zero-order valence-corrected chi connectivity index (χ0v) is 10.2. The van der Waals surface area contributed by atoms with Gasteiger partial charge in [-0.15, -0.1) is 12.4 Å². The number of carboxylic acid groups (broad SMARTS) is 1. The first-order chi connectivity index (χ1) is 6.92. The van der Waals surface area contributed by atoms with Crippen LogP contribution in [0.1, 0.15) is 41.4 Å². The molecule has 0 aliphatic heterocycles. The first kappa shape index (κ1) is 13.0. The Morgan fingerprint density at radius 3 is 2.69 bits per heavy atom. The van der Waals surface area contributed by atoms with Gasteiger partial charge in [-0.3, -0.25) is 0 Å². The summed E-state index contributed by atoms with van der Waals surface area (Å²) < 4.78 is 0. The normalized spacial score (nSPS) is 21.1. The van der Waals surface area contributed by atoms with Gasteiger partial charge in [0.25, 0.3) is 0 Å². The summed E-state index contributed by atoms with van der Waals surface area (Å²) in [6.45, 7) is 4.22. The fourth-order valence-corrected chi connectivity index (χ4v) is 2.20. The largest absolute Gasteiger partial charge is 0.478 e. The van der Waals surface area contributed by atoms with Crippen LogP contribution >= 0.6 is 12.4 Å². The number of benzene rings is 1. The van der Waals surface area contributed by atoms with E-state index in [9.17, 15) is 4.79 Å². The Labute approximate surface area is 101 Å². The monoisotopic (exact) mass is 241 g/mol. The van der Waals surface area contributed by atoms with E-state index in [1.54, 1.807) is 12.1 Å². The second-order valence-electron chi connectivity index (χ2n) is 4.86. The number of carboxylic acids is 1. The van der Waals surface area contributed by atoms with Crippen molar-refractivity contribution in [2.45, 2.75) is 26.3 Å². The summed E-state index contributed by atoms with van der Waals surface area (Å²) in [7, 11) is 0. The Hall–Kier alpha value is -1.06. The molecule has 88 valence electrons. The molecule has 0 saturated heterocycles. The van der Waals surface area contributed by atoms with Crippen molar-refractivity contribution in [2.24, 2.45) is 11.1 Å². The number of halogens is 1. The van der Waals surface area contributed by atoms with Crippen molar-refractivity contribution in [1.29, 1.82) is 0 Å². The Balaban J connectivity index is 0.00000128. The lowest BCUT2D eigenvalue weighted by atomic mass is 9.86. The van der Waals surface area contributed by atoms with Crippen LogP contribution in [-0.4, -0.2) is 11.1 Å². The van der Waals surface area contributed by atoms with E-state index >= 15 is 0 Å². The number of rotatable bonds is 1. The van der Waals surface area contributed by atoms with Gasteiger partial charge < -0.3 is 10.8 Å². The van der Waals surface area contributed by atoms with Crippen molar-refractivity contribution in [2.75, 3.05) is 0 Å². The predicted octanol–water partition coefficient (Wildman–Crippen LogP) is 2.39. The van der Waals surface area contributed by atoms with Crippen molar-refractivity contribution in [3.8, 4) is 0 Å². The average Bonchev–Trinajstić information content (AvgIpc) is 2.37. The van der Waals surface area contributed by atoms with Crippen LogP contribution in [0.5, 0.6) is 0 Å². The molecule has 1 unspecified atom stereocenters. The smallest absolute Gasteiger partial charge is 0.335 e. The average molecular weight is 242 g/mol. The molecular weight excluding hydrogens is 226 g/mol. The minimum Gasteiger partial charge on any atom is -0.478 e. The molecule has 1 aliphatic rings. The highest BCUT2D eigenvalue weighted by Gasteiger charge is 2.36. The van der Waals surface area contributed by atoms with Crippen LogP contribution in [0.4, 0.5) is 0 Å². The summed E-state index contributed by atoms with van der Waals surface area (Å²) in [6.07, 6.45) is 0.920. The summed E-state index contributed by atoms with van der Waals surface area (Å²) in [5.41, 5.74) is 8.61. The summed E-state index contributed by atoms with van der Waals surface area (Å²) in [4.78, 5) is 10.8. The van der Waals surface area contributed by atoms with Gasteiger partial charge in [-0.25, -0.2) is 4.79 Å². The quantitative estimate of drug-likeness (QED) is 0.794. The van der Waals surface area contributed by atoms with Crippen LogP contribution in [0, 0.1) is 5.41 Å². The summed E-state index contributed by atoms with van der Waals surface area (Å²) >= 11 is 0. The number of fused-ring (bicyclic) bond motifs is 1. The lowest BCUT2D eigenvalue weighted by Crippen LogP contribution is -2.24. The molecule has 4 heteroatoms. The van der Waals surface area contributed by atoms with E-state index < -0.39 is 5.97 Å². The van der Waals surface area contributed by atoms with Gasteiger partial charge in [0.2, 0.25) is 0 Å². The lowest BCUT2D eigenvalue weighted by molar-refractivity contribution is 0.0696. The molecule has 1 atom stereocenters. The number of carbonyl (C=O) groups is 1. The van der Waals surface area contributed by atoms with Gasteiger partial charge in [0, 0.05) is 6.04 Å². The van der Waals surface area contributed by atoms with Gasteiger partial charge in [-0.05, 0) is 35.1 Å². The zero-order chi connectivity index (χ0) is 11.2. The van der Waals surface area contributed by atoms with Crippen molar-refractivity contribution < 1.29 is 9.90 Å². The Kier molecular flexibility index (Phi) is 3.31. The molecule has 0 saturated carbocycles. The van der Waals surface area contributed by atoms with Crippen LogP contribution in [0.3, 0.4) is 0 Å². The van der Waals surface area contributed by atoms with Gasteiger partial charge in [0.1, 0.15) is 0 Å². The molecule has 0 spiro atoms. The van der Waals surface area contributed by atoms with Crippen LogP contribution in [0.25, 0.3) is 0 Å². The van der Waals surface area contributed by atoms with E-state index in [1.807, 2.05) is 6.07 Å². The van der Waals surface area contributed by atoms with E-state index in [0.717, 1.165) is 12.0 Å². The second kappa shape index (κ2) is 4.07. The standard InChI is InChI=1S/C12H15NO2.ClH/c1-12(2)6-8-4-3-7(11(14)15)5-9(8)10(12)13;/h3-5,10H,6,13H2,1-2H3,(H,14,15);1H. The first-order valence-electron chi connectivity index (χ1n) is 5.03. The molecule has 0 bridgehead atoms. The lowest BCUT2D eigenvalue weighted by Gasteiger charge is -2.23. The molecule has 0 amide bonds. The highest BCUT2D eigenvalue weighted by Crippen LogP contribution is 2.43. The number of hydrogen-bond acceptors (Lipinski definition) is 2. The Morgan fingerprint density at radius 2 is 2.12 bits per heavy atom. The molecule has 3 nitrogen and oxygen atoms in total. The summed E-state index contributed by atoms with van der Waals surface area (Å²) in [5.74, 6) is -0.894. The van der Waals surface area contributed by atoms with Gasteiger partial charge in [0.15, 0.2) is 0 Å². The van der Waals surface area contributed by atoms with Gasteiger partial charge in [-0.1, -0.05) is 19.9 Å². The van der Waals surface area contributed by atoms with Crippen molar-refractivity contribution >= 4 is 18.4 Å². The van der Waals surface area contributed by atoms with E-state index in [2.05, 4.69) is 13.8 Å². The van der Waals surface area contributed by atoms with E-state index in [4.69, 9.17) is 10.8 Å². The van der Waals surface area contributed by atoms with Crippen molar-refractivity contribution in [1.82, 2.24) is 0 Å². The van der Waals surface area contributed by atoms with E-state index in [0.29, 0.717) is 5.56 Å². The highest BCUT2D eigenvalue weighted by atomic mass is 35.5. The van der Waals surface area contributed by atoms with Crippen LogP contribution in [0.15, 0.2) is 18.2 Å². The molecule has 16 heavy (non-hydrogen) atoms. The molecule has 0 heterocycles. The minimum atomic E-state index is -0.894. The minimum absolute atomic E-state index is 0.